The van der Waals surface area contributed by atoms with Crippen LogP contribution in [-0.4, -0.2) is 71.7 Å². The highest BCUT2D eigenvalue weighted by Crippen LogP contribution is 2.12. The van der Waals surface area contributed by atoms with Crippen LogP contribution in [-0.2, 0) is 14.6 Å². The molecule has 0 spiro atoms. The van der Waals surface area contributed by atoms with Gasteiger partial charge in [-0.05, 0) is 48.7 Å². The van der Waals surface area contributed by atoms with Crippen molar-refractivity contribution in [2.75, 3.05) is 48.9 Å². The van der Waals surface area contributed by atoms with E-state index in [1.807, 2.05) is 52.1 Å². The average Bonchev–Trinajstić information content (AvgIpc) is 2.56. The molecule has 0 aromatic rings. The maximum atomic E-state index is 10.3. The predicted molar refractivity (Wildman–Crippen MR) is 137 cm³/mol. The maximum Gasteiger partial charge on any atom is 0.397 e. The van der Waals surface area contributed by atoms with E-state index in [2.05, 4.69) is 11.1 Å². The molecule has 0 bridgehead atoms. The van der Waals surface area contributed by atoms with Gasteiger partial charge in [0.2, 0.25) is 0 Å². The van der Waals surface area contributed by atoms with Gasteiger partial charge in [0.1, 0.15) is 0 Å². The Bertz CT molecular complexity index is 383. The first kappa shape index (κ1) is 37.6. The summed E-state index contributed by atoms with van der Waals surface area (Å²) in [5, 5.41) is 0. The van der Waals surface area contributed by atoms with Crippen LogP contribution in [0.25, 0.3) is 0 Å². The van der Waals surface area contributed by atoms with Crippen LogP contribution in [0.2, 0.25) is 0 Å². The SMILES string of the molecule is Br.CCCCCCCCCCCCCCCCOS(=O)(=O)O.CN(C)C.CN(C)C. The topological polar surface area (TPSA) is 70.1 Å². The second-order valence-corrected chi connectivity index (χ2v) is 9.62. The number of unbranched alkanes of at least 4 members (excludes halogenated alkanes) is 13. The first-order valence-corrected chi connectivity index (χ1v) is 12.7. The van der Waals surface area contributed by atoms with E-state index in [0.29, 0.717) is 6.42 Å². The molecular formula is C22H53BrN2O4S. The van der Waals surface area contributed by atoms with E-state index in [4.69, 9.17) is 4.55 Å². The molecule has 0 saturated carbocycles. The van der Waals surface area contributed by atoms with Gasteiger partial charge in [-0.15, -0.1) is 17.0 Å². The molecule has 30 heavy (non-hydrogen) atoms. The molecule has 1 N–H and O–H groups in total. The van der Waals surface area contributed by atoms with Crippen LogP contribution in [0.4, 0.5) is 0 Å². The second kappa shape index (κ2) is 29.3. The third-order valence-electron chi connectivity index (χ3n) is 3.73. The van der Waals surface area contributed by atoms with Gasteiger partial charge in [-0.25, -0.2) is 4.18 Å². The zero-order valence-electron chi connectivity index (χ0n) is 21.0. The summed E-state index contributed by atoms with van der Waals surface area (Å²) in [6.45, 7) is 2.35. The highest BCUT2D eigenvalue weighted by molar-refractivity contribution is 8.93. The quantitative estimate of drug-likeness (QED) is 0.192. The number of hydrogen-bond donors (Lipinski definition) is 1. The summed E-state index contributed by atoms with van der Waals surface area (Å²) in [7, 11) is 7.76. The zero-order valence-corrected chi connectivity index (χ0v) is 23.5. The van der Waals surface area contributed by atoms with Crippen molar-refractivity contribution in [3.05, 3.63) is 0 Å². The summed E-state index contributed by atoms with van der Waals surface area (Å²) in [5.74, 6) is 0. The molecule has 0 atom stereocenters. The van der Waals surface area contributed by atoms with Crippen molar-refractivity contribution in [2.45, 2.75) is 96.8 Å². The average molecular weight is 522 g/mol. The largest absolute Gasteiger partial charge is 0.397 e. The van der Waals surface area contributed by atoms with Crippen LogP contribution >= 0.6 is 17.0 Å². The van der Waals surface area contributed by atoms with Crippen LogP contribution < -0.4 is 0 Å². The molecule has 0 amide bonds. The molecule has 0 aromatic carbocycles. The lowest BCUT2D eigenvalue weighted by Gasteiger charge is -2.03. The standard InChI is InChI=1S/C16H34O4S.2C3H9N.BrH/c1-2-3-4-5-6-7-8-9-10-11-12-13-14-15-16-20-21(17,18)19;2*1-4(2)3;/h2-16H2,1H3,(H,17,18,19);2*1-3H3;1H. The van der Waals surface area contributed by atoms with E-state index in [0.717, 1.165) is 12.8 Å². The molecule has 0 saturated heterocycles. The molecule has 0 radical (unpaired) electrons. The third kappa shape index (κ3) is 63.0. The van der Waals surface area contributed by atoms with E-state index >= 15 is 0 Å². The first-order chi connectivity index (χ1) is 13.5. The minimum atomic E-state index is -4.24. The van der Waals surface area contributed by atoms with E-state index in [1.165, 1.54) is 70.6 Å². The Morgan fingerprint density at radius 3 is 1.07 bits per heavy atom. The molecule has 0 aliphatic heterocycles. The monoisotopic (exact) mass is 520 g/mol. The Balaban J connectivity index is -0.000000319. The third-order valence-corrected chi connectivity index (χ3v) is 4.19. The van der Waals surface area contributed by atoms with Gasteiger partial charge in [0.05, 0.1) is 6.61 Å². The van der Waals surface area contributed by atoms with Gasteiger partial charge in [0.15, 0.2) is 0 Å². The molecule has 0 aromatic heterocycles. The van der Waals surface area contributed by atoms with E-state index in [1.54, 1.807) is 0 Å². The molecule has 0 aliphatic rings. The molecular weight excluding hydrogens is 468 g/mol. The second-order valence-electron chi connectivity index (χ2n) is 8.53. The van der Waals surface area contributed by atoms with Gasteiger partial charge in [-0.2, -0.15) is 8.42 Å². The van der Waals surface area contributed by atoms with Crippen molar-refractivity contribution >= 4 is 27.4 Å². The molecule has 0 heterocycles. The Hall–Kier alpha value is 0.270. The Labute approximate surface area is 199 Å². The van der Waals surface area contributed by atoms with Gasteiger partial charge >= 0.3 is 10.4 Å². The van der Waals surface area contributed by atoms with Gasteiger partial charge in [0.25, 0.3) is 0 Å². The summed E-state index contributed by atoms with van der Waals surface area (Å²) in [4.78, 5) is 4.00. The van der Waals surface area contributed by atoms with Crippen molar-refractivity contribution in [3.8, 4) is 0 Å². The molecule has 188 valence electrons. The Morgan fingerprint density at radius 2 is 0.833 bits per heavy atom. The summed E-state index contributed by atoms with van der Waals surface area (Å²) in [6.07, 6.45) is 17.6. The fourth-order valence-electron chi connectivity index (χ4n) is 2.46. The molecule has 8 heteroatoms. The fourth-order valence-corrected chi connectivity index (χ4v) is 2.79. The van der Waals surface area contributed by atoms with Crippen molar-refractivity contribution in [2.24, 2.45) is 0 Å². The lowest BCUT2D eigenvalue weighted by Crippen LogP contribution is -2.04. The summed E-state index contributed by atoms with van der Waals surface area (Å²) in [6, 6.07) is 0. The maximum absolute atomic E-state index is 10.3. The predicted octanol–water partition coefficient (Wildman–Crippen LogP) is 6.22. The molecule has 0 unspecified atom stereocenters. The smallest absolute Gasteiger partial charge is 0.312 e. The van der Waals surface area contributed by atoms with E-state index in [-0.39, 0.29) is 23.6 Å². The number of hydrogen-bond acceptors (Lipinski definition) is 5. The van der Waals surface area contributed by atoms with Crippen LogP contribution in [0.3, 0.4) is 0 Å². The first-order valence-electron chi connectivity index (χ1n) is 11.4. The Morgan fingerprint density at radius 1 is 0.600 bits per heavy atom. The molecule has 0 aliphatic carbocycles. The zero-order chi connectivity index (χ0) is 23.0. The summed E-state index contributed by atoms with van der Waals surface area (Å²) < 4.78 is 33.2. The molecule has 0 rings (SSSR count). The Kier molecular flexibility index (Phi) is 36.7. The number of nitrogens with zero attached hydrogens (tertiary/aromatic N) is 2. The van der Waals surface area contributed by atoms with Crippen molar-refractivity contribution < 1.29 is 17.2 Å². The highest BCUT2D eigenvalue weighted by atomic mass is 79.9. The van der Waals surface area contributed by atoms with E-state index < -0.39 is 10.4 Å². The van der Waals surface area contributed by atoms with Crippen LogP contribution in [0.1, 0.15) is 96.8 Å². The lowest BCUT2D eigenvalue weighted by atomic mass is 10.0. The number of halogens is 1. The van der Waals surface area contributed by atoms with Crippen molar-refractivity contribution in [1.82, 2.24) is 9.80 Å². The van der Waals surface area contributed by atoms with Gasteiger partial charge in [-0.1, -0.05) is 90.4 Å². The highest BCUT2D eigenvalue weighted by Gasteiger charge is 2.02. The fraction of sp³-hybridized carbons (Fsp3) is 1.00. The minimum absolute atomic E-state index is 0. The lowest BCUT2D eigenvalue weighted by molar-refractivity contribution is 0.261. The summed E-state index contributed by atoms with van der Waals surface area (Å²) in [5.41, 5.74) is 0. The van der Waals surface area contributed by atoms with E-state index in [9.17, 15) is 8.42 Å². The van der Waals surface area contributed by atoms with Crippen LogP contribution in [0.15, 0.2) is 0 Å². The van der Waals surface area contributed by atoms with Crippen molar-refractivity contribution in [1.29, 1.82) is 0 Å². The molecule has 6 nitrogen and oxygen atoms in total. The van der Waals surface area contributed by atoms with Gasteiger partial charge in [0, 0.05) is 0 Å². The van der Waals surface area contributed by atoms with Gasteiger partial charge < -0.3 is 9.80 Å². The van der Waals surface area contributed by atoms with Gasteiger partial charge in [-0.3, -0.25) is 4.55 Å². The van der Waals surface area contributed by atoms with Crippen LogP contribution in [0.5, 0.6) is 0 Å². The normalized spacial score (nSPS) is 10.7. The summed E-state index contributed by atoms with van der Waals surface area (Å²) >= 11 is 0. The minimum Gasteiger partial charge on any atom is -0.312 e. The number of rotatable bonds is 16. The van der Waals surface area contributed by atoms with Crippen molar-refractivity contribution in [3.63, 3.8) is 0 Å². The van der Waals surface area contributed by atoms with Crippen LogP contribution in [0, 0.1) is 0 Å². The molecule has 0 fully saturated rings.